The molecule has 98 valence electrons. The van der Waals surface area contributed by atoms with Gasteiger partial charge in [0.25, 0.3) is 0 Å². The molecule has 17 heavy (non-hydrogen) atoms. The van der Waals surface area contributed by atoms with Crippen molar-refractivity contribution in [3.05, 3.63) is 0 Å². The van der Waals surface area contributed by atoms with Crippen LogP contribution in [0.25, 0.3) is 0 Å². The molecule has 0 heterocycles. The molecule has 0 atom stereocenters. The summed E-state index contributed by atoms with van der Waals surface area (Å²) in [5, 5.41) is 8.75. The van der Waals surface area contributed by atoms with Crippen molar-refractivity contribution in [1.82, 2.24) is 0 Å². The number of carboxylic acids is 1. The van der Waals surface area contributed by atoms with Crippen LogP contribution in [0.2, 0.25) is 0 Å². The van der Waals surface area contributed by atoms with Crippen molar-refractivity contribution in [1.29, 1.82) is 0 Å². The Morgan fingerprint density at radius 1 is 1.00 bits per heavy atom. The molecule has 0 saturated carbocycles. The molecule has 0 spiro atoms. The van der Waals surface area contributed by atoms with Gasteiger partial charge in [-0.25, -0.2) is 0 Å². The highest BCUT2D eigenvalue weighted by molar-refractivity contribution is 5.94. The molecule has 0 amide bonds. The fourth-order valence-corrected chi connectivity index (χ4v) is 1.89. The van der Waals surface area contributed by atoms with Gasteiger partial charge in [0.05, 0.1) is 20.0 Å². The Morgan fingerprint density at radius 3 is 1.76 bits per heavy atom. The van der Waals surface area contributed by atoms with Gasteiger partial charge >= 0.3 is 11.9 Å². The lowest BCUT2D eigenvalue weighted by Gasteiger charge is -2.31. The van der Waals surface area contributed by atoms with Gasteiger partial charge in [0, 0.05) is 10.8 Å². The summed E-state index contributed by atoms with van der Waals surface area (Å²) in [5.41, 5.74) is -1.92. The summed E-state index contributed by atoms with van der Waals surface area (Å²) >= 11 is 0. The van der Waals surface area contributed by atoms with Crippen LogP contribution in [0.15, 0.2) is 0 Å². The summed E-state index contributed by atoms with van der Waals surface area (Å²) < 4.78 is 4.52. The molecule has 0 aliphatic heterocycles. The zero-order valence-corrected chi connectivity index (χ0v) is 11.0. The Bertz CT molecular complexity index is 328. The number of esters is 1. The fourth-order valence-electron chi connectivity index (χ4n) is 1.89. The third kappa shape index (κ3) is 4.54. The number of carbonyl (C=O) groups is 3. The summed E-state index contributed by atoms with van der Waals surface area (Å²) in [6, 6.07) is 0. The van der Waals surface area contributed by atoms with Gasteiger partial charge in [0.15, 0.2) is 0 Å². The van der Waals surface area contributed by atoms with Gasteiger partial charge in [-0.1, -0.05) is 27.7 Å². The lowest BCUT2D eigenvalue weighted by molar-refractivity contribution is -0.151. The maximum absolute atomic E-state index is 12.2. The third-order valence-corrected chi connectivity index (χ3v) is 2.64. The van der Waals surface area contributed by atoms with Crippen LogP contribution in [0.3, 0.4) is 0 Å². The molecule has 0 rings (SSSR count). The minimum absolute atomic E-state index is 0.0502. The van der Waals surface area contributed by atoms with Crippen molar-refractivity contribution in [2.75, 3.05) is 7.11 Å². The molecule has 0 aromatic rings. The van der Waals surface area contributed by atoms with E-state index in [9.17, 15) is 14.4 Å². The predicted octanol–water partition coefficient (Wildman–Crippen LogP) is 1.65. The largest absolute Gasteiger partial charge is 0.481 e. The average Bonchev–Trinajstić information content (AvgIpc) is 2.13. The van der Waals surface area contributed by atoms with E-state index in [0.29, 0.717) is 0 Å². The Hall–Kier alpha value is -1.39. The van der Waals surface area contributed by atoms with Crippen molar-refractivity contribution in [3.63, 3.8) is 0 Å². The van der Waals surface area contributed by atoms with Crippen molar-refractivity contribution < 1.29 is 24.2 Å². The van der Waals surface area contributed by atoms with Crippen molar-refractivity contribution in [2.45, 2.75) is 40.5 Å². The Balaban J connectivity index is 4.89. The summed E-state index contributed by atoms with van der Waals surface area (Å²) in [5.74, 6) is -1.76. The maximum atomic E-state index is 12.2. The van der Waals surface area contributed by atoms with Crippen molar-refractivity contribution >= 4 is 17.7 Å². The van der Waals surface area contributed by atoms with E-state index in [4.69, 9.17) is 5.11 Å². The van der Waals surface area contributed by atoms with Crippen LogP contribution in [0, 0.1) is 10.8 Å². The first-order chi connectivity index (χ1) is 7.53. The highest BCUT2D eigenvalue weighted by atomic mass is 16.5. The van der Waals surface area contributed by atoms with Crippen molar-refractivity contribution in [3.8, 4) is 0 Å². The predicted molar refractivity (Wildman–Crippen MR) is 61.5 cm³/mol. The van der Waals surface area contributed by atoms with Crippen molar-refractivity contribution in [2.24, 2.45) is 10.8 Å². The second-order valence-electron chi connectivity index (χ2n) is 5.42. The van der Waals surface area contributed by atoms with E-state index in [1.54, 1.807) is 27.7 Å². The zero-order valence-electron chi connectivity index (χ0n) is 11.0. The molecule has 0 bridgehead atoms. The number of hydrogen-bond donors (Lipinski definition) is 1. The van der Waals surface area contributed by atoms with E-state index in [1.807, 2.05) is 0 Å². The summed E-state index contributed by atoms with van der Waals surface area (Å²) in [7, 11) is 1.26. The molecule has 0 aliphatic carbocycles. The number of Topliss-reactive ketones (excluding diaryl/α,β-unsaturated/α-hetero) is 1. The quantitative estimate of drug-likeness (QED) is 0.718. The Morgan fingerprint density at radius 2 is 1.41 bits per heavy atom. The zero-order chi connectivity index (χ0) is 13.9. The SMILES string of the molecule is COC(=O)CC(C)(C)C(=O)C(C)(C)CC(=O)O. The van der Waals surface area contributed by atoms with Crippen LogP contribution in [-0.2, 0) is 19.1 Å². The van der Waals surface area contributed by atoms with E-state index in [2.05, 4.69) is 4.74 Å². The molecular formula is C12H20O5. The number of rotatable bonds is 6. The number of aliphatic carboxylic acids is 1. The molecule has 0 saturated heterocycles. The summed E-state index contributed by atoms with van der Waals surface area (Å²) in [6.07, 6.45) is -0.304. The van der Waals surface area contributed by atoms with Gasteiger partial charge in [-0.2, -0.15) is 0 Å². The van der Waals surface area contributed by atoms with Gasteiger partial charge < -0.3 is 9.84 Å². The minimum atomic E-state index is -1.03. The number of carboxylic acid groups (broad SMARTS) is 1. The monoisotopic (exact) mass is 244 g/mol. The molecule has 5 nitrogen and oxygen atoms in total. The molecule has 0 unspecified atom stereocenters. The molecule has 0 radical (unpaired) electrons. The normalized spacial score (nSPS) is 12.1. The summed E-state index contributed by atoms with van der Waals surface area (Å²) in [6.45, 7) is 6.39. The van der Waals surface area contributed by atoms with E-state index in [-0.39, 0.29) is 18.6 Å². The number of hydrogen-bond acceptors (Lipinski definition) is 4. The Kier molecular flexibility index (Phi) is 4.86. The molecule has 0 aromatic carbocycles. The van der Waals surface area contributed by atoms with E-state index >= 15 is 0 Å². The fraction of sp³-hybridized carbons (Fsp3) is 0.750. The second kappa shape index (κ2) is 5.29. The first-order valence-corrected chi connectivity index (χ1v) is 5.36. The molecule has 5 heteroatoms. The van der Waals surface area contributed by atoms with Crippen LogP contribution in [-0.4, -0.2) is 29.9 Å². The highest BCUT2D eigenvalue weighted by Gasteiger charge is 2.41. The molecule has 0 aromatic heterocycles. The highest BCUT2D eigenvalue weighted by Crippen LogP contribution is 2.34. The van der Waals surface area contributed by atoms with Crippen LogP contribution in [0.4, 0.5) is 0 Å². The topological polar surface area (TPSA) is 80.7 Å². The van der Waals surface area contributed by atoms with Gasteiger partial charge in [-0.3, -0.25) is 14.4 Å². The average molecular weight is 244 g/mol. The maximum Gasteiger partial charge on any atom is 0.306 e. The van der Waals surface area contributed by atoms with Crippen LogP contribution >= 0.6 is 0 Å². The lowest BCUT2D eigenvalue weighted by atomic mass is 9.70. The third-order valence-electron chi connectivity index (χ3n) is 2.64. The Labute approximate surface area is 101 Å². The number of carbonyl (C=O) groups excluding carboxylic acids is 2. The minimum Gasteiger partial charge on any atom is -0.481 e. The van der Waals surface area contributed by atoms with Gasteiger partial charge in [-0.15, -0.1) is 0 Å². The van der Waals surface area contributed by atoms with Gasteiger partial charge in [0.2, 0.25) is 0 Å². The molecule has 1 N–H and O–H groups in total. The second-order valence-corrected chi connectivity index (χ2v) is 5.42. The van der Waals surface area contributed by atoms with E-state index in [1.165, 1.54) is 7.11 Å². The first kappa shape index (κ1) is 15.6. The van der Waals surface area contributed by atoms with Gasteiger partial charge in [-0.05, 0) is 0 Å². The molecule has 0 aliphatic rings. The van der Waals surface area contributed by atoms with Crippen LogP contribution in [0.5, 0.6) is 0 Å². The number of ketones is 1. The number of ether oxygens (including phenoxy) is 1. The summed E-state index contributed by atoms with van der Waals surface area (Å²) in [4.78, 5) is 34.1. The smallest absolute Gasteiger partial charge is 0.306 e. The van der Waals surface area contributed by atoms with Crippen LogP contribution in [0.1, 0.15) is 40.5 Å². The van der Waals surface area contributed by atoms with E-state index < -0.39 is 22.8 Å². The molecule has 0 fully saturated rings. The molecular weight excluding hydrogens is 224 g/mol. The van der Waals surface area contributed by atoms with Crippen LogP contribution < -0.4 is 0 Å². The number of methoxy groups -OCH3 is 1. The van der Waals surface area contributed by atoms with E-state index in [0.717, 1.165) is 0 Å². The lowest BCUT2D eigenvalue weighted by Crippen LogP contribution is -2.39. The van der Waals surface area contributed by atoms with Gasteiger partial charge in [0.1, 0.15) is 5.78 Å². The standard InChI is InChI=1S/C12H20O5/c1-11(2,6-8(13)14)10(16)12(3,4)7-9(15)17-5/h6-7H2,1-5H3,(H,13,14). The first-order valence-electron chi connectivity index (χ1n) is 5.36.